The largest absolute Gasteiger partial charge is 0.495 e. The molecule has 0 aliphatic carbocycles. The highest BCUT2D eigenvalue weighted by Gasteiger charge is 2.18. The van der Waals surface area contributed by atoms with Gasteiger partial charge in [-0.1, -0.05) is 19.1 Å². The molecule has 28 heavy (non-hydrogen) atoms. The van der Waals surface area contributed by atoms with Crippen LogP contribution in [0.15, 0.2) is 47.1 Å². The lowest BCUT2D eigenvalue weighted by atomic mass is 10.0. The van der Waals surface area contributed by atoms with E-state index >= 15 is 0 Å². The number of para-hydroxylation sites is 2. The fraction of sp³-hybridized carbons (Fsp3) is 0.500. The molecule has 5 nitrogen and oxygen atoms in total. The second-order valence-electron chi connectivity index (χ2n) is 7.53. The van der Waals surface area contributed by atoms with Gasteiger partial charge in [-0.25, -0.2) is 0 Å². The van der Waals surface area contributed by atoms with Crippen LogP contribution in [0.4, 0.5) is 5.69 Å². The Morgan fingerprint density at radius 3 is 2.93 bits per heavy atom. The smallest absolute Gasteiger partial charge is 0.173 e. The minimum atomic E-state index is 0.657. The van der Waals surface area contributed by atoms with Crippen LogP contribution in [0.2, 0.25) is 0 Å². The molecule has 0 saturated carbocycles. The third-order valence-electron chi connectivity index (χ3n) is 5.21. The average molecular weight is 402 g/mol. The zero-order valence-corrected chi connectivity index (χ0v) is 17.7. The Morgan fingerprint density at radius 2 is 2.18 bits per heavy atom. The molecule has 1 aliphatic rings. The Labute approximate surface area is 173 Å². The monoisotopic (exact) mass is 401 g/mol. The summed E-state index contributed by atoms with van der Waals surface area (Å²) in [4.78, 5) is 4.75. The van der Waals surface area contributed by atoms with E-state index in [1.807, 2.05) is 36.4 Å². The van der Waals surface area contributed by atoms with Crippen molar-refractivity contribution >= 4 is 23.0 Å². The van der Waals surface area contributed by atoms with Gasteiger partial charge in [-0.15, -0.1) is 0 Å². The molecule has 152 valence electrons. The van der Waals surface area contributed by atoms with Gasteiger partial charge in [0, 0.05) is 13.1 Å². The molecule has 1 saturated heterocycles. The molecular weight excluding hydrogens is 370 g/mol. The van der Waals surface area contributed by atoms with Gasteiger partial charge in [0.25, 0.3) is 0 Å². The molecule has 1 aromatic heterocycles. The first-order chi connectivity index (χ1) is 13.7. The van der Waals surface area contributed by atoms with Crippen LogP contribution in [0.3, 0.4) is 0 Å². The number of ether oxygens (including phenoxy) is 1. The van der Waals surface area contributed by atoms with Crippen LogP contribution in [-0.2, 0) is 6.54 Å². The molecule has 0 bridgehead atoms. The summed E-state index contributed by atoms with van der Waals surface area (Å²) >= 11 is 5.73. The topological polar surface area (TPSA) is 40.9 Å². The maximum absolute atomic E-state index is 5.73. The van der Waals surface area contributed by atoms with Gasteiger partial charge in [-0.05, 0) is 74.8 Å². The first kappa shape index (κ1) is 20.7. The van der Waals surface area contributed by atoms with Gasteiger partial charge in [0.1, 0.15) is 11.5 Å². The van der Waals surface area contributed by atoms with Crippen LogP contribution in [-0.4, -0.2) is 48.2 Å². The van der Waals surface area contributed by atoms with Crippen molar-refractivity contribution in [3.8, 4) is 5.75 Å². The van der Waals surface area contributed by atoms with E-state index in [0.717, 1.165) is 42.6 Å². The average Bonchev–Trinajstić information content (AvgIpc) is 3.21. The number of thiocarbonyl (C=S) groups is 1. The van der Waals surface area contributed by atoms with Crippen LogP contribution < -0.4 is 10.1 Å². The number of likely N-dealkylation sites (tertiary alicyclic amines) is 1. The Kier molecular flexibility index (Phi) is 7.74. The summed E-state index contributed by atoms with van der Waals surface area (Å²) in [6.07, 6.45) is 5.44. The van der Waals surface area contributed by atoms with Crippen LogP contribution in [0.25, 0.3) is 0 Å². The Hall–Kier alpha value is -2.05. The number of benzene rings is 1. The van der Waals surface area contributed by atoms with E-state index in [1.165, 1.54) is 25.9 Å². The molecule has 3 rings (SSSR count). The van der Waals surface area contributed by atoms with Gasteiger partial charge in [0.15, 0.2) is 5.11 Å². The van der Waals surface area contributed by atoms with Crippen LogP contribution in [0, 0.1) is 5.92 Å². The Balaban J connectivity index is 1.60. The third-order valence-corrected chi connectivity index (χ3v) is 5.57. The zero-order valence-electron chi connectivity index (χ0n) is 16.9. The highest BCUT2D eigenvalue weighted by Crippen LogP contribution is 2.24. The normalized spacial score (nSPS) is 17.3. The molecule has 1 aromatic carbocycles. The number of nitrogens with zero attached hydrogens (tertiary/aromatic N) is 2. The summed E-state index contributed by atoms with van der Waals surface area (Å²) in [6.45, 7) is 7.42. The zero-order chi connectivity index (χ0) is 19.8. The van der Waals surface area contributed by atoms with E-state index in [9.17, 15) is 0 Å². The minimum absolute atomic E-state index is 0.657. The van der Waals surface area contributed by atoms with Crippen LogP contribution in [0.1, 0.15) is 31.9 Å². The molecule has 0 radical (unpaired) electrons. The minimum Gasteiger partial charge on any atom is -0.495 e. The lowest BCUT2D eigenvalue weighted by Crippen LogP contribution is -2.39. The van der Waals surface area contributed by atoms with Gasteiger partial charge in [-0.3, -0.25) is 0 Å². The molecule has 0 amide bonds. The predicted molar refractivity (Wildman–Crippen MR) is 118 cm³/mol. The predicted octanol–water partition coefficient (Wildman–Crippen LogP) is 4.61. The maximum Gasteiger partial charge on any atom is 0.173 e. The molecule has 0 spiro atoms. The van der Waals surface area contributed by atoms with Gasteiger partial charge in [0.05, 0.1) is 25.6 Å². The second-order valence-corrected chi connectivity index (χ2v) is 7.92. The van der Waals surface area contributed by atoms with E-state index in [1.54, 1.807) is 13.4 Å². The summed E-state index contributed by atoms with van der Waals surface area (Å²) in [5.74, 6) is 2.50. The fourth-order valence-electron chi connectivity index (χ4n) is 3.76. The first-order valence-electron chi connectivity index (χ1n) is 10.1. The lowest BCUT2D eigenvalue weighted by Gasteiger charge is -2.32. The molecule has 6 heteroatoms. The van der Waals surface area contributed by atoms with Crippen molar-refractivity contribution in [1.82, 2.24) is 9.80 Å². The quantitative estimate of drug-likeness (QED) is 0.652. The van der Waals surface area contributed by atoms with E-state index in [-0.39, 0.29) is 0 Å². The Morgan fingerprint density at radius 1 is 1.32 bits per heavy atom. The van der Waals surface area contributed by atoms with Crippen LogP contribution in [0.5, 0.6) is 5.75 Å². The number of furan rings is 1. The highest BCUT2D eigenvalue weighted by molar-refractivity contribution is 7.80. The summed E-state index contributed by atoms with van der Waals surface area (Å²) in [7, 11) is 1.67. The summed E-state index contributed by atoms with van der Waals surface area (Å²) in [6, 6.07) is 11.7. The number of hydrogen-bond donors (Lipinski definition) is 1. The number of nitrogens with one attached hydrogen (secondary N) is 1. The molecule has 1 aliphatic heterocycles. The van der Waals surface area contributed by atoms with Gasteiger partial charge < -0.3 is 24.3 Å². The van der Waals surface area contributed by atoms with E-state index in [2.05, 4.69) is 22.0 Å². The highest BCUT2D eigenvalue weighted by atomic mass is 32.1. The van der Waals surface area contributed by atoms with Crippen molar-refractivity contribution in [2.45, 2.75) is 32.7 Å². The van der Waals surface area contributed by atoms with Gasteiger partial charge in [0.2, 0.25) is 0 Å². The van der Waals surface area contributed by atoms with Crippen LogP contribution >= 0.6 is 12.2 Å². The summed E-state index contributed by atoms with van der Waals surface area (Å²) < 4.78 is 11.0. The Bertz CT molecular complexity index is 735. The molecule has 0 unspecified atom stereocenters. The number of hydrogen-bond acceptors (Lipinski definition) is 4. The molecular formula is C22H31N3O2S. The number of rotatable bonds is 8. The van der Waals surface area contributed by atoms with E-state index in [0.29, 0.717) is 11.7 Å². The number of methoxy groups -OCH3 is 1. The van der Waals surface area contributed by atoms with Crippen molar-refractivity contribution in [2.24, 2.45) is 5.92 Å². The molecule has 1 N–H and O–H groups in total. The number of anilines is 1. The van der Waals surface area contributed by atoms with Crippen molar-refractivity contribution in [3.63, 3.8) is 0 Å². The van der Waals surface area contributed by atoms with Crippen molar-refractivity contribution in [2.75, 3.05) is 38.6 Å². The molecule has 1 atom stereocenters. The van der Waals surface area contributed by atoms with Gasteiger partial charge >= 0.3 is 0 Å². The molecule has 2 heterocycles. The van der Waals surface area contributed by atoms with E-state index in [4.69, 9.17) is 21.4 Å². The van der Waals surface area contributed by atoms with Gasteiger partial charge in [-0.2, -0.15) is 0 Å². The first-order valence-corrected chi connectivity index (χ1v) is 10.5. The summed E-state index contributed by atoms with van der Waals surface area (Å²) in [5, 5.41) is 4.03. The van der Waals surface area contributed by atoms with Crippen molar-refractivity contribution in [1.29, 1.82) is 0 Å². The fourth-order valence-corrected chi connectivity index (χ4v) is 4.03. The standard InChI is InChI=1S/C22H31N3O2S/c1-18-8-5-12-24(16-18)13-7-14-25(17-19-9-6-15-27-19)22(28)23-20-10-3-4-11-21(20)26-2/h3-4,6,9-11,15,18H,5,7-8,12-14,16-17H2,1-2H3,(H,23,28)/t18-/m0/s1. The van der Waals surface area contributed by atoms with Crippen molar-refractivity contribution < 1.29 is 9.15 Å². The SMILES string of the molecule is COc1ccccc1NC(=S)N(CCCN1CCC[C@H](C)C1)Cc1ccco1. The number of piperidine rings is 1. The molecule has 2 aromatic rings. The van der Waals surface area contributed by atoms with E-state index < -0.39 is 0 Å². The van der Waals surface area contributed by atoms with Crippen molar-refractivity contribution in [3.05, 3.63) is 48.4 Å². The maximum atomic E-state index is 5.73. The second kappa shape index (κ2) is 10.5. The molecule has 1 fully saturated rings. The summed E-state index contributed by atoms with van der Waals surface area (Å²) in [5.41, 5.74) is 0.879. The third kappa shape index (κ3) is 5.97. The lowest BCUT2D eigenvalue weighted by molar-refractivity contribution is 0.177.